The quantitative estimate of drug-likeness (QED) is 0.785. The molecule has 1 aromatic carbocycles. The summed E-state index contributed by atoms with van der Waals surface area (Å²) in [5.74, 6) is -0.0759. The van der Waals surface area contributed by atoms with Crippen LogP contribution in [0.25, 0.3) is 11.3 Å². The zero-order valence-corrected chi connectivity index (χ0v) is 15.5. The van der Waals surface area contributed by atoms with Gasteiger partial charge in [0.15, 0.2) is 16.6 Å². The second-order valence-corrected chi connectivity index (χ2v) is 6.87. The second-order valence-electron chi connectivity index (χ2n) is 6.02. The number of aromatic nitrogens is 1. The van der Waals surface area contributed by atoms with Crippen molar-refractivity contribution in [3.05, 3.63) is 23.6 Å². The second kappa shape index (κ2) is 8.18. The van der Waals surface area contributed by atoms with E-state index in [1.807, 2.05) is 17.5 Å². The minimum Gasteiger partial charge on any atom is -0.493 e. The van der Waals surface area contributed by atoms with Gasteiger partial charge in [-0.1, -0.05) is 12.8 Å². The zero-order chi connectivity index (χ0) is 18.5. The summed E-state index contributed by atoms with van der Waals surface area (Å²) in [6, 6.07) is 5.56. The first-order valence-electron chi connectivity index (χ1n) is 8.40. The maximum Gasteiger partial charge on any atom is 0.315 e. The van der Waals surface area contributed by atoms with Gasteiger partial charge in [0, 0.05) is 17.0 Å². The molecule has 0 atom stereocenters. The third-order valence-electron chi connectivity index (χ3n) is 4.30. The van der Waals surface area contributed by atoms with Crippen LogP contribution in [0.2, 0.25) is 0 Å². The fourth-order valence-electron chi connectivity index (χ4n) is 2.93. The highest BCUT2D eigenvalue weighted by Crippen LogP contribution is 2.33. The Morgan fingerprint density at radius 2 is 1.85 bits per heavy atom. The zero-order valence-electron chi connectivity index (χ0n) is 14.7. The molecule has 1 heterocycles. The van der Waals surface area contributed by atoms with Crippen LogP contribution in [0, 0.1) is 0 Å². The molecule has 0 aliphatic heterocycles. The molecule has 138 valence electrons. The Morgan fingerprint density at radius 1 is 1.12 bits per heavy atom. The Labute approximate surface area is 155 Å². The van der Waals surface area contributed by atoms with E-state index in [2.05, 4.69) is 15.6 Å². The standard InChI is InChI=1S/C18H21N3O4S/c1-24-14-8-7-11(9-15(14)25-2)13-10-26-18(20-13)21-17(23)16(22)19-12-5-3-4-6-12/h7-10,12H,3-6H2,1-2H3,(H,19,22)(H,20,21,23). The summed E-state index contributed by atoms with van der Waals surface area (Å²) in [5, 5.41) is 7.51. The third kappa shape index (κ3) is 4.13. The number of thiazole rings is 1. The molecule has 2 N–H and O–H groups in total. The number of hydrogen-bond acceptors (Lipinski definition) is 6. The number of carbonyl (C=O) groups is 2. The Hall–Kier alpha value is -2.61. The molecule has 0 radical (unpaired) electrons. The molecule has 3 rings (SSSR count). The normalized spacial score (nSPS) is 14.1. The molecule has 1 aromatic heterocycles. The van der Waals surface area contributed by atoms with E-state index < -0.39 is 11.8 Å². The Bertz CT molecular complexity index is 799. The molecule has 1 aliphatic carbocycles. The molecular formula is C18H21N3O4S. The number of hydrogen-bond donors (Lipinski definition) is 2. The predicted octanol–water partition coefficient (Wildman–Crippen LogP) is 2.82. The Morgan fingerprint density at radius 3 is 2.54 bits per heavy atom. The fourth-order valence-corrected chi connectivity index (χ4v) is 3.65. The van der Waals surface area contributed by atoms with Gasteiger partial charge in [0.1, 0.15) is 0 Å². The Balaban J connectivity index is 1.65. The highest BCUT2D eigenvalue weighted by Gasteiger charge is 2.22. The van der Waals surface area contributed by atoms with Crippen molar-refractivity contribution in [2.45, 2.75) is 31.7 Å². The van der Waals surface area contributed by atoms with Gasteiger partial charge in [-0.15, -0.1) is 11.3 Å². The molecule has 1 saturated carbocycles. The number of amides is 2. The van der Waals surface area contributed by atoms with Gasteiger partial charge in [0.05, 0.1) is 19.9 Å². The largest absolute Gasteiger partial charge is 0.493 e. The number of anilines is 1. The molecule has 7 nitrogen and oxygen atoms in total. The predicted molar refractivity (Wildman–Crippen MR) is 99.7 cm³/mol. The van der Waals surface area contributed by atoms with Crippen LogP contribution in [0.4, 0.5) is 5.13 Å². The summed E-state index contributed by atoms with van der Waals surface area (Å²) in [6.45, 7) is 0. The van der Waals surface area contributed by atoms with Crippen molar-refractivity contribution >= 4 is 28.3 Å². The van der Waals surface area contributed by atoms with Gasteiger partial charge in [-0.3, -0.25) is 14.9 Å². The van der Waals surface area contributed by atoms with E-state index in [9.17, 15) is 9.59 Å². The van der Waals surface area contributed by atoms with Gasteiger partial charge in [0.25, 0.3) is 0 Å². The number of nitrogens with zero attached hydrogens (tertiary/aromatic N) is 1. The minimum absolute atomic E-state index is 0.104. The summed E-state index contributed by atoms with van der Waals surface area (Å²) < 4.78 is 10.5. The number of methoxy groups -OCH3 is 2. The lowest BCUT2D eigenvalue weighted by Crippen LogP contribution is -2.40. The maximum absolute atomic E-state index is 12.0. The summed E-state index contributed by atoms with van der Waals surface area (Å²) in [4.78, 5) is 28.4. The van der Waals surface area contributed by atoms with Crippen LogP contribution in [-0.4, -0.2) is 37.1 Å². The van der Waals surface area contributed by atoms with E-state index >= 15 is 0 Å². The Kier molecular flexibility index (Phi) is 5.72. The first-order valence-corrected chi connectivity index (χ1v) is 9.28. The molecular weight excluding hydrogens is 354 g/mol. The summed E-state index contributed by atoms with van der Waals surface area (Å²) >= 11 is 1.26. The topological polar surface area (TPSA) is 89.5 Å². The molecule has 8 heteroatoms. The highest BCUT2D eigenvalue weighted by atomic mass is 32.1. The van der Waals surface area contributed by atoms with Gasteiger partial charge in [-0.25, -0.2) is 4.98 Å². The van der Waals surface area contributed by atoms with E-state index in [-0.39, 0.29) is 6.04 Å². The van der Waals surface area contributed by atoms with Crippen LogP contribution in [-0.2, 0) is 9.59 Å². The van der Waals surface area contributed by atoms with E-state index in [0.29, 0.717) is 22.3 Å². The smallest absolute Gasteiger partial charge is 0.315 e. The average molecular weight is 375 g/mol. The van der Waals surface area contributed by atoms with Crippen molar-refractivity contribution < 1.29 is 19.1 Å². The van der Waals surface area contributed by atoms with Crippen LogP contribution in [0.3, 0.4) is 0 Å². The van der Waals surface area contributed by atoms with Gasteiger partial charge in [0.2, 0.25) is 0 Å². The molecule has 26 heavy (non-hydrogen) atoms. The van der Waals surface area contributed by atoms with Gasteiger partial charge in [-0.2, -0.15) is 0 Å². The lowest BCUT2D eigenvalue weighted by Gasteiger charge is -2.10. The SMILES string of the molecule is COc1ccc(-c2csc(NC(=O)C(=O)NC3CCCC3)n2)cc1OC. The van der Waals surface area contributed by atoms with Crippen LogP contribution in [0.5, 0.6) is 11.5 Å². The van der Waals surface area contributed by atoms with Gasteiger partial charge in [-0.05, 0) is 31.0 Å². The first-order chi connectivity index (χ1) is 12.6. The van der Waals surface area contributed by atoms with Crippen molar-refractivity contribution in [3.8, 4) is 22.8 Å². The minimum atomic E-state index is -0.690. The van der Waals surface area contributed by atoms with Crippen molar-refractivity contribution in [2.24, 2.45) is 0 Å². The molecule has 1 aliphatic rings. The fraction of sp³-hybridized carbons (Fsp3) is 0.389. The van der Waals surface area contributed by atoms with Crippen LogP contribution >= 0.6 is 11.3 Å². The highest BCUT2D eigenvalue weighted by molar-refractivity contribution is 7.14. The monoisotopic (exact) mass is 375 g/mol. The number of ether oxygens (including phenoxy) is 2. The van der Waals surface area contributed by atoms with E-state index in [4.69, 9.17) is 9.47 Å². The summed E-state index contributed by atoms with van der Waals surface area (Å²) in [6.07, 6.45) is 4.04. The van der Waals surface area contributed by atoms with Crippen molar-refractivity contribution in [1.82, 2.24) is 10.3 Å². The molecule has 1 fully saturated rings. The molecule has 0 saturated heterocycles. The molecule has 2 aromatic rings. The molecule has 2 amide bonds. The molecule has 0 bridgehead atoms. The van der Waals surface area contributed by atoms with Crippen LogP contribution in [0.15, 0.2) is 23.6 Å². The lowest BCUT2D eigenvalue weighted by molar-refractivity contribution is -0.136. The van der Waals surface area contributed by atoms with Crippen LogP contribution in [0.1, 0.15) is 25.7 Å². The van der Waals surface area contributed by atoms with Crippen molar-refractivity contribution in [3.63, 3.8) is 0 Å². The van der Waals surface area contributed by atoms with E-state index in [1.54, 1.807) is 20.3 Å². The van der Waals surface area contributed by atoms with E-state index in [0.717, 1.165) is 31.2 Å². The van der Waals surface area contributed by atoms with Gasteiger partial charge < -0.3 is 14.8 Å². The summed E-state index contributed by atoms with van der Waals surface area (Å²) in [7, 11) is 3.14. The number of carbonyl (C=O) groups excluding carboxylic acids is 2. The first kappa shape index (κ1) is 18.2. The third-order valence-corrected chi connectivity index (χ3v) is 5.06. The van der Waals surface area contributed by atoms with E-state index in [1.165, 1.54) is 11.3 Å². The lowest BCUT2D eigenvalue weighted by atomic mass is 10.1. The number of nitrogens with one attached hydrogen (secondary N) is 2. The number of rotatable bonds is 5. The molecule has 0 unspecified atom stereocenters. The van der Waals surface area contributed by atoms with Crippen LogP contribution < -0.4 is 20.1 Å². The van der Waals surface area contributed by atoms with Gasteiger partial charge >= 0.3 is 11.8 Å². The van der Waals surface area contributed by atoms with Crippen molar-refractivity contribution in [2.75, 3.05) is 19.5 Å². The summed E-state index contributed by atoms with van der Waals surface area (Å²) in [5.41, 5.74) is 1.51. The number of benzene rings is 1. The maximum atomic E-state index is 12.0. The average Bonchev–Trinajstić information content (AvgIpc) is 3.33. The van der Waals surface area contributed by atoms with Crippen molar-refractivity contribution in [1.29, 1.82) is 0 Å². The molecule has 0 spiro atoms.